The Morgan fingerprint density at radius 1 is 1.35 bits per heavy atom. The van der Waals surface area contributed by atoms with Gasteiger partial charge < -0.3 is 11.1 Å². The number of amides is 1. The first-order valence-electron chi connectivity index (χ1n) is 6.16. The van der Waals surface area contributed by atoms with Gasteiger partial charge in [0.1, 0.15) is 6.54 Å². The zero-order chi connectivity index (χ0) is 14.2. The molecule has 0 aliphatic heterocycles. The van der Waals surface area contributed by atoms with Crippen molar-refractivity contribution in [2.45, 2.75) is 13.1 Å². The van der Waals surface area contributed by atoms with Gasteiger partial charge in [0.25, 0.3) is 0 Å². The molecule has 0 fully saturated rings. The molecule has 0 aliphatic rings. The first-order chi connectivity index (χ1) is 9.78. The summed E-state index contributed by atoms with van der Waals surface area (Å²) in [6.07, 6.45) is 3.18. The highest BCUT2D eigenvalue weighted by Crippen LogP contribution is 2.02. The molecule has 0 saturated heterocycles. The van der Waals surface area contributed by atoms with Crippen molar-refractivity contribution in [3.8, 4) is 11.8 Å². The van der Waals surface area contributed by atoms with E-state index in [4.69, 9.17) is 5.73 Å². The maximum absolute atomic E-state index is 11.7. The monoisotopic (exact) mass is 269 g/mol. The number of nitrogens with two attached hydrogens (primary N) is 1. The molecule has 2 rings (SSSR count). The molecule has 0 spiro atoms. The minimum Gasteiger partial charge on any atom is -0.350 e. The van der Waals surface area contributed by atoms with Crippen LogP contribution in [0.25, 0.3) is 0 Å². The molecular formula is C14H15N5O. The number of nitrogens with one attached hydrogen (secondary N) is 1. The van der Waals surface area contributed by atoms with Crippen molar-refractivity contribution >= 4 is 5.91 Å². The molecule has 1 aromatic heterocycles. The second kappa shape index (κ2) is 7.07. The predicted molar refractivity (Wildman–Crippen MR) is 74.2 cm³/mol. The summed E-state index contributed by atoms with van der Waals surface area (Å²) in [5.74, 6) is 5.63. The molecule has 0 bridgehead atoms. The second-order valence-electron chi connectivity index (χ2n) is 4.08. The van der Waals surface area contributed by atoms with Gasteiger partial charge in [0, 0.05) is 18.3 Å². The lowest BCUT2D eigenvalue weighted by Crippen LogP contribution is -2.27. The van der Waals surface area contributed by atoms with E-state index in [0.717, 1.165) is 11.1 Å². The highest BCUT2D eigenvalue weighted by Gasteiger charge is 2.02. The van der Waals surface area contributed by atoms with E-state index in [2.05, 4.69) is 27.5 Å². The quantitative estimate of drug-likeness (QED) is 0.759. The van der Waals surface area contributed by atoms with E-state index in [-0.39, 0.29) is 12.5 Å². The van der Waals surface area contributed by atoms with Gasteiger partial charge in [-0.1, -0.05) is 29.2 Å². The normalized spacial score (nSPS) is 9.65. The zero-order valence-corrected chi connectivity index (χ0v) is 10.9. The van der Waals surface area contributed by atoms with E-state index in [1.807, 2.05) is 24.3 Å². The van der Waals surface area contributed by atoms with Gasteiger partial charge in [0.2, 0.25) is 5.91 Å². The lowest BCUT2D eigenvalue weighted by atomic mass is 10.1. The number of hydrogen-bond acceptors (Lipinski definition) is 4. The van der Waals surface area contributed by atoms with E-state index < -0.39 is 0 Å². The van der Waals surface area contributed by atoms with Crippen molar-refractivity contribution in [3.05, 3.63) is 47.8 Å². The number of rotatable bonds is 4. The number of hydrogen-bond donors (Lipinski definition) is 2. The fourth-order valence-electron chi connectivity index (χ4n) is 1.58. The van der Waals surface area contributed by atoms with Gasteiger partial charge in [-0.05, 0) is 17.7 Å². The van der Waals surface area contributed by atoms with Crippen molar-refractivity contribution in [2.75, 3.05) is 6.54 Å². The fraction of sp³-hybridized carbons (Fsp3) is 0.214. The molecule has 0 radical (unpaired) electrons. The van der Waals surface area contributed by atoms with Crippen LogP contribution >= 0.6 is 0 Å². The van der Waals surface area contributed by atoms with Gasteiger partial charge in [-0.2, -0.15) is 0 Å². The first kappa shape index (κ1) is 13.8. The Morgan fingerprint density at radius 3 is 2.80 bits per heavy atom. The van der Waals surface area contributed by atoms with E-state index in [9.17, 15) is 4.79 Å². The standard InChI is InChI=1S/C14H15N5O/c15-7-1-2-12-3-5-13(6-4-12)10-16-14(20)11-19-9-8-17-18-19/h3-6,8-9H,7,10-11,15H2,(H,16,20). The minimum atomic E-state index is -0.109. The van der Waals surface area contributed by atoms with Crippen molar-refractivity contribution in [3.63, 3.8) is 0 Å². The van der Waals surface area contributed by atoms with Crippen molar-refractivity contribution < 1.29 is 4.79 Å². The Hall–Kier alpha value is -2.65. The Kier molecular flexibility index (Phi) is 4.87. The SMILES string of the molecule is NCC#Cc1ccc(CNC(=O)Cn2ccnn2)cc1. The van der Waals surface area contributed by atoms with Crippen LogP contribution in [0.3, 0.4) is 0 Å². The van der Waals surface area contributed by atoms with E-state index in [1.54, 1.807) is 6.20 Å². The molecule has 0 aliphatic carbocycles. The summed E-state index contributed by atoms with van der Waals surface area (Å²) in [5, 5.41) is 10.2. The van der Waals surface area contributed by atoms with Crippen LogP contribution in [0.1, 0.15) is 11.1 Å². The molecule has 0 atom stereocenters. The molecule has 0 saturated carbocycles. The van der Waals surface area contributed by atoms with E-state index in [0.29, 0.717) is 13.1 Å². The fourth-order valence-corrected chi connectivity index (χ4v) is 1.58. The Bertz CT molecular complexity index is 607. The zero-order valence-electron chi connectivity index (χ0n) is 10.9. The molecule has 102 valence electrons. The van der Waals surface area contributed by atoms with Crippen LogP contribution in [0.5, 0.6) is 0 Å². The Morgan fingerprint density at radius 2 is 2.15 bits per heavy atom. The van der Waals surface area contributed by atoms with Crippen LogP contribution in [0, 0.1) is 11.8 Å². The van der Waals surface area contributed by atoms with Gasteiger partial charge in [0.05, 0.1) is 12.7 Å². The minimum absolute atomic E-state index is 0.109. The van der Waals surface area contributed by atoms with Crippen LogP contribution in [-0.4, -0.2) is 27.4 Å². The molecule has 1 heterocycles. The second-order valence-corrected chi connectivity index (χ2v) is 4.08. The highest BCUT2D eigenvalue weighted by molar-refractivity contribution is 5.75. The van der Waals surface area contributed by atoms with Gasteiger partial charge in [-0.25, -0.2) is 4.68 Å². The summed E-state index contributed by atoms with van der Waals surface area (Å²) in [5.41, 5.74) is 7.23. The van der Waals surface area contributed by atoms with Gasteiger partial charge in [-0.3, -0.25) is 4.79 Å². The lowest BCUT2D eigenvalue weighted by Gasteiger charge is -2.05. The molecule has 1 aromatic carbocycles. The summed E-state index contributed by atoms with van der Waals surface area (Å²) < 4.78 is 1.47. The van der Waals surface area contributed by atoms with Crippen molar-refractivity contribution in [1.82, 2.24) is 20.3 Å². The molecule has 1 amide bonds. The summed E-state index contributed by atoms with van der Waals surface area (Å²) in [6, 6.07) is 7.66. The molecule has 6 heteroatoms. The van der Waals surface area contributed by atoms with Gasteiger partial charge >= 0.3 is 0 Å². The number of aromatic nitrogens is 3. The van der Waals surface area contributed by atoms with Gasteiger partial charge in [-0.15, -0.1) is 5.10 Å². The third kappa shape index (κ3) is 4.23. The molecule has 0 unspecified atom stereocenters. The smallest absolute Gasteiger partial charge is 0.242 e. The summed E-state index contributed by atoms with van der Waals surface area (Å²) in [6.45, 7) is 0.984. The molecule has 6 nitrogen and oxygen atoms in total. The largest absolute Gasteiger partial charge is 0.350 e. The lowest BCUT2D eigenvalue weighted by molar-refractivity contribution is -0.122. The molecule has 2 aromatic rings. The van der Waals surface area contributed by atoms with Crippen LogP contribution in [-0.2, 0) is 17.9 Å². The topological polar surface area (TPSA) is 85.8 Å². The molecule has 20 heavy (non-hydrogen) atoms. The predicted octanol–water partition coefficient (Wildman–Crippen LogP) is -0.0953. The highest BCUT2D eigenvalue weighted by atomic mass is 16.2. The van der Waals surface area contributed by atoms with Crippen molar-refractivity contribution in [2.24, 2.45) is 5.73 Å². The average Bonchev–Trinajstić information content (AvgIpc) is 2.97. The maximum Gasteiger partial charge on any atom is 0.242 e. The first-order valence-corrected chi connectivity index (χ1v) is 6.16. The number of carbonyl (C=O) groups excluding carboxylic acids is 1. The van der Waals surface area contributed by atoms with E-state index >= 15 is 0 Å². The molecule has 3 N–H and O–H groups in total. The summed E-state index contributed by atoms with van der Waals surface area (Å²) >= 11 is 0. The van der Waals surface area contributed by atoms with E-state index in [1.165, 1.54) is 10.9 Å². The maximum atomic E-state index is 11.7. The van der Waals surface area contributed by atoms with Crippen LogP contribution < -0.4 is 11.1 Å². The number of nitrogens with zero attached hydrogens (tertiary/aromatic N) is 3. The average molecular weight is 269 g/mol. The number of benzene rings is 1. The Labute approximate surface area is 117 Å². The third-order valence-corrected chi connectivity index (χ3v) is 2.56. The third-order valence-electron chi connectivity index (χ3n) is 2.56. The van der Waals surface area contributed by atoms with Crippen molar-refractivity contribution in [1.29, 1.82) is 0 Å². The summed E-state index contributed by atoms with van der Waals surface area (Å²) in [4.78, 5) is 11.7. The van der Waals surface area contributed by atoms with Crippen LogP contribution in [0.15, 0.2) is 36.7 Å². The molecular weight excluding hydrogens is 254 g/mol. The van der Waals surface area contributed by atoms with Gasteiger partial charge in [0.15, 0.2) is 0 Å². The van der Waals surface area contributed by atoms with Crippen LogP contribution in [0.4, 0.5) is 0 Å². The summed E-state index contributed by atoms with van der Waals surface area (Å²) in [7, 11) is 0. The Balaban J connectivity index is 1.83. The van der Waals surface area contributed by atoms with Crippen LogP contribution in [0.2, 0.25) is 0 Å². The number of carbonyl (C=O) groups is 1.